The molecular weight excluding hydrogens is 167 g/mol. The predicted octanol–water partition coefficient (Wildman–Crippen LogP) is 1.02. The Morgan fingerprint density at radius 3 is 2.75 bits per heavy atom. The predicted molar refractivity (Wildman–Crippen MR) is 36.9 cm³/mol. The molecule has 0 amide bonds. The quantitative estimate of drug-likeness (QED) is 0.424. The normalized spacial score (nSPS) is 16.6. The second-order valence-electron chi connectivity index (χ2n) is 1.45. The molecule has 1 radical (unpaired) electrons. The van der Waals surface area contributed by atoms with Gasteiger partial charge in [-0.25, -0.2) is 0 Å². The summed E-state index contributed by atoms with van der Waals surface area (Å²) in [7, 11) is 1.76. The van der Waals surface area contributed by atoms with Gasteiger partial charge in [0.1, 0.15) is 6.29 Å². The summed E-state index contributed by atoms with van der Waals surface area (Å²) in [5.74, 6) is 1.83. The van der Waals surface area contributed by atoms with Crippen LogP contribution in [0, 0.1) is 0 Å². The summed E-state index contributed by atoms with van der Waals surface area (Å²) >= 11 is 3.20. The van der Waals surface area contributed by atoms with E-state index in [2.05, 4.69) is 15.9 Å². The minimum atomic E-state index is 0.713. The molecule has 0 spiro atoms. The topological polar surface area (TPSA) is 17.1 Å². The van der Waals surface area contributed by atoms with Gasteiger partial charge in [-0.05, 0) is 5.47 Å². The summed E-state index contributed by atoms with van der Waals surface area (Å²) in [5, 5.41) is 0. The van der Waals surface area contributed by atoms with Crippen LogP contribution in [-0.2, 0) is 4.79 Å². The molecule has 1 nitrogen and oxygen atoms in total. The van der Waals surface area contributed by atoms with Crippen LogP contribution in [0.2, 0.25) is 0 Å². The smallest absolute Gasteiger partial charge is 0.187 e. The average Bonchev–Trinajstić information content (AvgIpc) is 2.14. The van der Waals surface area contributed by atoms with Crippen molar-refractivity contribution >= 4 is 29.5 Å². The van der Waals surface area contributed by atoms with E-state index in [0.717, 1.165) is 10.8 Å². The molecule has 0 aromatic carbocycles. The molecule has 0 saturated heterocycles. The fourth-order valence-corrected chi connectivity index (χ4v) is 0.886. The largest absolute Gasteiger partial charge is 0.299 e. The SMILES string of the molecule is O=CC1=C(Br)C=C[B]1. The summed E-state index contributed by atoms with van der Waals surface area (Å²) in [6.07, 6.45) is 2.66. The minimum Gasteiger partial charge on any atom is -0.299 e. The molecule has 1 heterocycles. The highest BCUT2D eigenvalue weighted by atomic mass is 79.9. The fraction of sp³-hybridized carbons (Fsp3) is 0. The summed E-state index contributed by atoms with van der Waals surface area (Å²) in [4.78, 5) is 10.1. The van der Waals surface area contributed by atoms with Gasteiger partial charge in [0.2, 0.25) is 0 Å². The molecule has 0 N–H and O–H groups in total. The number of hydrogen-bond donors (Lipinski definition) is 0. The minimum absolute atomic E-state index is 0.713. The number of rotatable bonds is 1. The molecule has 0 bridgehead atoms. The van der Waals surface area contributed by atoms with Crippen molar-refractivity contribution in [3.05, 3.63) is 22.0 Å². The molecule has 0 aromatic rings. The van der Waals surface area contributed by atoms with Crippen molar-refractivity contribution in [2.75, 3.05) is 0 Å². The molecule has 0 aromatic heterocycles. The summed E-state index contributed by atoms with van der Waals surface area (Å²) in [5.41, 5.74) is 0.713. The maximum atomic E-state index is 10.1. The molecule has 0 aliphatic carbocycles. The maximum absolute atomic E-state index is 10.1. The van der Waals surface area contributed by atoms with Crippen molar-refractivity contribution in [3.63, 3.8) is 0 Å². The molecule has 0 fully saturated rings. The van der Waals surface area contributed by atoms with E-state index in [0.29, 0.717) is 5.47 Å². The first-order chi connectivity index (χ1) is 3.84. The number of hydrogen-bond acceptors (Lipinski definition) is 1. The van der Waals surface area contributed by atoms with Gasteiger partial charge in [0.05, 0.1) is 0 Å². The summed E-state index contributed by atoms with van der Waals surface area (Å²) < 4.78 is 0.868. The van der Waals surface area contributed by atoms with Crippen LogP contribution in [-0.4, -0.2) is 13.6 Å². The Labute approximate surface area is 56.8 Å². The molecule has 1 aliphatic heterocycles. The number of aldehydes is 1. The van der Waals surface area contributed by atoms with Crippen molar-refractivity contribution < 1.29 is 4.79 Å². The molecule has 1 aliphatic rings. The first-order valence-corrected chi connectivity index (χ1v) is 3.00. The zero-order valence-corrected chi connectivity index (χ0v) is 5.68. The van der Waals surface area contributed by atoms with Gasteiger partial charge in [-0.2, -0.15) is 0 Å². The van der Waals surface area contributed by atoms with Crippen molar-refractivity contribution in [1.82, 2.24) is 0 Å². The number of carbonyl (C=O) groups is 1. The Hall–Kier alpha value is -0.305. The molecule has 0 unspecified atom stereocenters. The van der Waals surface area contributed by atoms with E-state index in [1.807, 2.05) is 12.1 Å². The first kappa shape index (κ1) is 5.82. The zero-order valence-electron chi connectivity index (χ0n) is 4.10. The molecular formula is C5H3BBrO. The Morgan fingerprint density at radius 1 is 1.75 bits per heavy atom. The van der Waals surface area contributed by atoms with Gasteiger partial charge in [0.25, 0.3) is 0 Å². The highest BCUT2D eigenvalue weighted by molar-refractivity contribution is 9.12. The standard InChI is InChI=1S/C5H3BBrO/c7-5-1-2-6-4(5)3-8/h1-3H. The Morgan fingerprint density at radius 2 is 2.50 bits per heavy atom. The van der Waals surface area contributed by atoms with Crippen LogP contribution >= 0.6 is 15.9 Å². The lowest BCUT2D eigenvalue weighted by atomic mass is 9.74. The van der Waals surface area contributed by atoms with E-state index in [9.17, 15) is 4.79 Å². The van der Waals surface area contributed by atoms with Gasteiger partial charge in [0, 0.05) is 4.48 Å². The number of carbonyl (C=O) groups excluding carboxylic acids is 1. The highest BCUT2D eigenvalue weighted by Gasteiger charge is 2.04. The average molecular weight is 170 g/mol. The molecule has 0 saturated carbocycles. The van der Waals surface area contributed by atoms with Crippen molar-refractivity contribution in [1.29, 1.82) is 0 Å². The zero-order chi connectivity index (χ0) is 5.98. The number of allylic oxidation sites excluding steroid dienone is 3. The Kier molecular flexibility index (Phi) is 1.68. The second kappa shape index (κ2) is 2.31. The van der Waals surface area contributed by atoms with Crippen LogP contribution in [0.3, 0.4) is 0 Å². The van der Waals surface area contributed by atoms with Gasteiger partial charge in [-0.3, -0.25) is 4.79 Å². The molecule has 1 rings (SSSR count). The van der Waals surface area contributed by atoms with E-state index in [1.54, 1.807) is 7.28 Å². The fourth-order valence-electron chi connectivity index (χ4n) is 0.508. The first-order valence-electron chi connectivity index (χ1n) is 2.21. The van der Waals surface area contributed by atoms with Crippen LogP contribution in [0.4, 0.5) is 0 Å². The van der Waals surface area contributed by atoms with Crippen LogP contribution in [0.5, 0.6) is 0 Å². The molecule has 0 atom stereocenters. The number of halogens is 1. The lowest BCUT2D eigenvalue weighted by Crippen LogP contribution is -1.89. The molecule has 3 heteroatoms. The molecule has 39 valence electrons. The monoisotopic (exact) mass is 169 g/mol. The Balaban J connectivity index is 2.82. The summed E-state index contributed by atoms with van der Waals surface area (Å²) in [6.45, 7) is 0. The van der Waals surface area contributed by atoms with E-state index in [1.165, 1.54) is 0 Å². The lowest BCUT2D eigenvalue weighted by molar-refractivity contribution is -0.104. The van der Waals surface area contributed by atoms with Crippen LogP contribution in [0.15, 0.2) is 22.0 Å². The van der Waals surface area contributed by atoms with Gasteiger partial charge in [-0.1, -0.05) is 22.0 Å². The molecule has 8 heavy (non-hydrogen) atoms. The van der Waals surface area contributed by atoms with Crippen LogP contribution < -0.4 is 0 Å². The van der Waals surface area contributed by atoms with Crippen LogP contribution in [0.25, 0.3) is 0 Å². The van der Waals surface area contributed by atoms with Gasteiger partial charge >= 0.3 is 0 Å². The van der Waals surface area contributed by atoms with Gasteiger partial charge in [0.15, 0.2) is 7.28 Å². The summed E-state index contributed by atoms with van der Waals surface area (Å²) in [6, 6.07) is 0. The van der Waals surface area contributed by atoms with E-state index in [4.69, 9.17) is 0 Å². The van der Waals surface area contributed by atoms with Crippen molar-refractivity contribution in [3.8, 4) is 0 Å². The van der Waals surface area contributed by atoms with Crippen molar-refractivity contribution in [2.24, 2.45) is 0 Å². The van der Waals surface area contributed by atoms with E-state index >= 15 is 0 Å². The van der Waals surface area contributed by atoms with E-state index < -0.39 is 0 Å². The highest BCUT2D eigenvalue weighted by Crippen LogP contribution is 2.15. The van der Waals surface area contributed by atoms with Crippen LogP contribution in [0.1, 0.15) is 0 Å². The lowest BCUT2D eigenvalue weighted by Gasteiger charge is -1.83. The third kappa shape index (κ3) is 0.918. The Bertz CT molecular complexity index is 171. The van der Waals surface area contributed by atoms with Gasteiger partial charge < -0.3 is 0 Å². The third-order valence-corrected chi connectivity index (χ3v) is 1.64. The second-order valence-corrected chi connectivity index (χ2v) is 2.30. The van der Waals surface area contributed by atoms with E-state index in [-0.39, 0.29) is 0 Å². The van der Waals surface area contributed by atoms with Gasteiger partial charge in [-0.15, -0.1) is 5.98 Å². The third-order valence-electron chi connectivity index (χ3n) is 0.921. The van der Waals surface area contributed by atoms with Crippen molar-refractivity contribution in [2.45, 2.75) is 0 Å². The maximum Gasteiger partial charge on any atom is 0.187 e.